The number of ether oxygens (including phenoxy) is 1. The van der Waals surface area contributed by atoms with Crippen molar-refractivity contribution in [2.45, 2.75) is 6.92 Å². The Morgan fingerprint density at radius 3 is 2.50 bits per heavy atom. The molecule has 1 fully saturated rings. The van der Waals surface area contributed by atoms with E-state index < -0.39 is 0 Å². The number of carbonyl (C=O) groups excluding carboxylic acids is 1. The highest BCUT2D eigenvalue weighted by molar-refractivity contribution is 8.75. The fraction of sp³-hybridized carbons (Fsp3) is 0.875. The maximum Gasteiger partial charge on any atom is 0.409 e. The van der Waals surface area contributed by atoms with Gasteiger partial charge in [0.15, 0.2) is 0 Å². The number of nitrogens with zero attached hydrogens (tertiary/aromatic N) is 2. The minimum Gasteiger partial charge on any atom is -0.450 e. The quantitative estimate of drug-likeness (QED) is 0.550. The Labute approximate surface area is 92.9 Å². The van der Waals surface area contributed by atoms with Crippen LogP contribution in [0.5, 0.6) is 0 Å². The molecule has 4 nitrogen and oxygen atoms in total. The highest BCUT2D eigenvalue weighted by Gasteiger charge is 2.21. The minimum atomic E-state index is -0.179. The van der Waals surface area contributed by atoms with Crippen LogP contribution in [-0.4, -0.2) is 54.3 Å². The van der Waals surface area contributed by atoms with Crippen LogP contribution in [0, 0.1) is 0 Å². The zero-order valence-electron chi connectivity index (χ0n) is 8.56. The molecule has 0 radical (unpaired) electrons. The van der Waals surface area contributed by atoms with Gasteiger partial charge < -0.3 is 9.64 Å². The van der Waals surface area contributed by atoms with E-state index >= 15 is 0 Å². The summed E-state index contributed by atoms with van der Waals surface area (Å²) in [6.07, 6.45) is 1.88. The van der Waals surface area contributed by atoms with Crippen molar-refractivity contribution in [3.63, 3.8) is 0 Å². The molecular formula is C8H16N2O2S2. The van der Waals surface area contributed by atoms with Crippen molar-refractivity contribution in [1.82, 2.24) is 9.21 Å². The molecule has 82 valence electrons. The van der Waals surface area contributed by atoms with E-state index in [9.17, 15) is 4.79 Å². The summed E-state index contributed by atoms with van der Waals surface area (Å²) < 4.78 is 7.20. The summed E-state index contributed by atoms with van der Waals surface area (Å²) in [6.45, 7) is 5.67. The van der Waals surface area contributed by atoms with Gasteiger partial charge >= 0.3 is 6.09 Å². The van der Waals surface area contributed by atoms with Crippen LogP contribution in [0.2, 0.25) is 0 Å². The van der Waals surface area contributed by atoms with Crippen LogP contribution in [0.25, 0.3) is 0 Å². The molecule has 0 spiro atoms. The van der Waals surface area contributed by atoms with Crippen molar-refractivity contribution in [3.8, 4) is 0 Å². The zero-order chi connectivity index (χ0) is 10.4. The third kappa shape index (κ3) is 3.59. The van der Waals surface area contributed by atoms with Crippen LogP contribution in [0.15, 0.2) is 0 Å². The summed E-state index contributed by atoms with van der Waals surface area (Å²) in [6, 6.07) is 0. The number of carbonyl (C=O) groups is 1. The summed E-state index contributed by atoms with van der Waals surface area (Å²) in [4.78, 5) is 13.1. The number of hydrogen-bond donors (Lipinski definition) is 0. The summed E-state index contributed by atoms with van der Waals surface area (Å²) in [5, 5.41) is 0. The van der Waals surface area contributed by atoms with Crippen LogP contribution in [0.3, 0.4) is 0 Å². The van der Waals surface area contributed by atoms with E-state index in [0.29, 0.717) is 6.61 Å². The van der Waals surface area contributed by atoms with E-state index in [-0.39, 0.29) is 6.09 Å². The Morgan fingerprint density at radius 2 is 2.00 bits per heavy atom. The Balaban J connectivity index is 2.24. The first-order valence-electron chi connectivity index (χ1n) is 4.65. The van der Waals surface area contributed by atoms with Crippen molar-refractivity contribution < 1.29 is 9.53 Å². The summed E-state index contributed by atoms with van der Waals surface area (Å²) in [7, 11) is 3.49. The van der Waals surface area contributed by atoms with Crippen LogP contribution in [-0.2, 0) is 4.74 Å². The van der Waals surface area contributed by atoms with Crippen LogP contribution in [0.4, 0.5) is 4.79 Å². The lowest BCUT2D eigenvalue weighted by Gasteiger charge is -2.32. The van der Waals surface area contributed by atoms with Gasteiger partial charge in [0.25, 0.3) is 0 Å². The number of amides is 1. The van der Waals surface area contributed by atoms with Crippen LogP contribution in [0.1, 0.15) is 6.92 Å². The van der Waals surface area contributed by atoms with E-state index in [1.807, 2.05) is 6.92 Å². The third-order valence-corrected chi connectivity index (χ3v) is 3.75. The Morgan fingerprint density at radius 1 is 1.36 bits per heavy atom. The lowest BCUT2D eigenvalue weighted by Crippen LogP contribution is -2.46. The number of rotatable bonds is 3. The average Bonchev–Trinajstić information content (AvgIpc) is 2.20. The van der Waals surface area contributed by atoms with Gasteiger partial charge in [0.1, 0.15) is 0 Å². The maximum absolute atomic E-state index is 11.3. The van der Waals surface area contributed by atoms with Gasteiger partial charge in [-0.15, -0.1) is 0 Å². The highest BCUT2D eigenvalue weighted by atomic mass is 33.1. The molecule has 0 atom stereocenters. The molecule has 0 aliphatic carbocycles. The molecule has 1 heterocycles. The molecule has 6 heteroatoms. The first-order valence-corrected chi connectivity index (χ1v) is 7.17. The molecule has 0 unspecified atom stereocenters. The smallest absolute Gasteiger partial charge is 0.409 e. The molecule has 1 aliphatic rings. The first kappa shape index (κ1) is 12.0. The van der Waals surface area contributed by atoms with Gasteiger partial charge in [0, 0.05) is 26.2 Å². The molecule has 0 aromatic carbocycles. The van der Waals surface area contributed by atoms with Crippen molar-refractivity contribution in [2.75, 3.05) is 39.0 Å². The van der Waals surface area contributed by atoms with E-state index in [0.717, 1.165) is 26.2 Å². The van der Waals surface area contributed by atoms with Gasteiger partial charge in [-0.25, -0.2) is 9.10 Å². The topological polar surface area (TPSA) is 32.8 Å². The molecule has 1 aliphatic heterocycles. The van der Waals surface area contributed by atoms with Crippen molar-refractivity contribution in [1.29, 1.82) is 0 Å². The first-order chi connectivity index (χ1) is 6.77. The second-order valence-corrected chi connectivity index (χ2v) is 5.30. The Hall–Kier alpha value is -0.0700. The largest absolute Gasteiger partial charge is 0.450 e. The molecule has 0 aromatic heterocycles. The Kier molecular flexibility index (Phi) is 5.50. The van der Waals surface area contributed by atoms with E-state index in [4.69, 9.17) is 4.74 Å². The highest BCUT2D eigenvalue weighted by Crippen LogP contribution is 2.23. The number of piperazine rings is 1. The van der Waals surface area contributed by atoms with Crippen LogP contribution >= 0.6 is 21.8 Å². The average molecular weight is 236 g/mol. The summed E-state index contributed by atoms with van der Waals surface area (Å²) in [5.74, 6) is 0. The zero-order valence-corrected chi connectivity index (χ0v) is 10.2. The Bertz CT molecular complexity index is 184. The maximum atomic E-state index is 11.3. The molecule has 0 bridgehead atoms. The molecule has 1 saturated heterocycles. The molecule has 1 amide bonds. The van der Waals surface area contributed by atoms with Crippen molar-refractivity contribution in [3.05, 3.63) is 0 Å². The summed E-state index contributed by atoms with van der Waals surface area (Å²) in [5.41, 5.74) is 0. The van der Waals surface area contributed by atoms with Gasteiger partial charge in [-0.2, -0.15) is 0 Å². The molecule has 0 N–H and O–H groups in total. The SMILES string of the molecule is CCOC(=O)N1CCN(SSC)CC1. The van der Waals surface area contributed by atoms with Gasteiger partial charge in [0.2, 0.25) is 0 Å². The fourth-order valence-electron chi connectivity index (χ4n) is 1.27. The standard InChI is InChI=1S/C8H16N2O2S2/c1-3-12-8(11)9-4-6-10(7-5-9)14-13-2/h3-7H2,1-2H3. The third-order valence-electron chi connectivity index (χ3n) is 1.94. The van der Waals surface area contributed by atoms with Crippen molar-refractivity contribution >= 4 is 27.9 Å². The van der Waals surface area contributed by atoms with Gasteiger partial charge in [-0.1, -0.05) is 10.8 Å². The van der Waals surface area contributed by atoms with Crippen molar-refractivity contribution in [2.24, 2.45) is 0 Å². The lowest BCUT2D eigenvalue weighted by atomic mass is 10.4. The number of hydrogen-bond acceptors (Lipinski definition) is 5. The molecule has 14 heavy (non-hydrogen) atoms. The van der Waals surface area contributed by atoms with E-state index in [1.165, 1.54) is 0 Å². The van der Waals surface area contributed by atoms with Gasteiger partial charge in [-0.3, -0.25) is 0 Å². The molecule has 0 saturated carbocycles. The monoisotopic (exact) mass is 236 g/mol. The summed E-state index contributed by atoms with van der Waals surface area (Å²) >= 11 is 0. The predicted molar refractivity (Wildman–Crippen MR) is 61.3 cm³/mol. The minimum absolute atomic E-state index is 0.179. The van der Waals surface area contributed by atoms with Crippen LogP contribution < -0.4 is 0 Å². The predicted octanol–water partition coefficient (Wildman–Crippen LogP) is 1.69. The van der Waals surface area contributed by atoms with E-state index in [2.05, 4.69) is 10.6 Å². The van der Waals surface area contributed by atoms with E-state index in [1.54, 1.807) is 26.7 Å². The van der Waals surface area contributed by atoms with Gasteiger partial charge in [-0.05, 0) is 24.2 Å². The second-order valence-electron chi connectivity index (χ2n) is 2.86. The molecular weight excluding hydrogens is 220 g/mol. The normalized spacial score (nSPS) is 18.3. The van der Waals surface area contributed by atoms with Gasteiger partial charge in [0.05, 0.1) is 6.61 Å². The fourth-order valence-corrected chi connectivity index (χ4v) is 2.87. The lowest BCUT2D eigenvalue weighted by molar-refractivity contribution is 0.0949. The molecule has 1 rings (SSSR count). The second kappa shape index (κ2) is 6.42. The molecule has 0 aromatic rings.